The van der Waals surface area contributed by atoms with Gasteiger partial charge >= 0.3 is 0 Å². The van der Waals surface area contributed by atoms with Crippen molar-refractivity contribution >= 4 is 23.2 Å². The molecule has 1 aromatic heterocycles. The molecule has 0 fully saturated rings. The van der Waals surface area contributed by atoms with Gasteiger partial charge in [0.05, 0.1) is 0 Å². The second kappa shape index (κ2) is 6.89. The molecule has 0 aliphatic carbocycles. The van der Waals surface area contributed by atoms with E-state index in [1.54, 1.807) is 18.2 Å². The monoisotopic (exact) mass is 298 g/mol. The van der Waals surface area contributed by atoms with Gasteiger partial charge in [-0.15, -0.1) is 0 Å². The number of rotatable bonds is 6. The zero-order chi connectivity index (χ0) is 13.7. The van der Waals surface area contributed by atoms with Crippen LogP contribution in [-0.4, -0.2) is 21.7 Å². The molecule has 0 unspecified atom stereocenters. The molecule has 0 saturated carbocycles. The number of H-pyrrole nitrogens is 1. The van der Waals surface area contributed by atoms with Crippen molar-refractivity contribution in [2.24, 2.45) is 5.73 Å². The van der Waals surface area contributed by atoms with Gasteiger partial charge in [0.25, 0.3) is 0 Å². The normalized spacial score (nSPS) is 10.9. The number of aromatic nitrogens is 3. The van der Waals surface area contributed by atoms with Crippen LogP contribution in [-0.2, 0) is 6.42 Å². The molecule has 102 valence electrons. The topological polar surface area (TPSA) is 67.6 Å². The molecule has 0 radical (unpaired) electrons. The third kappa shape index (κ3) is 4.20. The van der Waals surface area contributed by atoms with Gasteiger partial charge in [-0.2, -0.15) is 5.10 Å². The van der Waals surface area contributed by atoms with Crippen LogP contribution in [0, 0.1) is 0 Å². The maximum atomic E-state index is 5.96. The van der Waals surface area contributed by atoms with Crippen molar-refractivity contribution in [3.05, 3.63) is 34.1 Å². The average Bonchev–Trinajstić information content (AvgIpc) is 2.82. The minimum Gasteiger partial charge on any atom is -0.330 e. The van der Waals surface area contributed by atoms with E-state index in [0.29, 0.717) is 15.9 Å². The molecule has 1 aromatic carbocycles. The summed E-state index contributed by atoms with van der Waals surface area (Å²) in [6.45, 7) is 0.739. The lowest BCUT2D eigenvalue weighted by Gasteiger charge is -1.98. The van der Waals surface area contributed by atoms with Gasteiger partial charge in [-0.05, 0) is 37.6 Å². The minimum atomic E-state index is 0.580. The molecule has 19 heavy (non-hydrogen) atoms. The zero-order valence-corrected chi connectivity index (χ0v) is 12.0. The predicted molar refractivity (Wildman–Crippen MR) is 78.4 cm³/mol. The lowest BCUT2D eigenvalue weighted by Crippen LogP contribution is -1.98. The fourth-order valence-corrected chi connectivity index (χ4v) is 2.36. The van der Waals surface area contributed by atoms with Crippen LogP contribution in [0.5, 0.6) is 0 Å². The molecule has 3 N–H and O–H groups in total. The Labute approximate surface area is 122 Å². The Hall–Kier alpha value is -1.10. The predicted octanol–water partition coefficient (Wildman–Crippen LogP) is 3.45. The van der Waals surface area contributed by atoms with Gasteiger partial charge in [-0.3, -0.25) is 5.10 Å². The molecular formula is C13H16Cl2N4. The van der Waals surface area contributed by atoms with Crippen LogP contribution in [0.1, 0.15) is 25.1 Å². The second-order valence-corrected chi connectivity index (χ2v) is 5.24. The van der Waals surface area contributed by atoms with Crippen molar-refractivity contribution in [3.63, 3.8) is 0 Å². The van der Waals surface area contributed by atoms with Crippen molar-refractivity contribution in [2.75, 3.05) is 6.54 Å². The highest BCUT2D eigenvalue weighted by Gasteiger charge is 2.07. The molecule has 2 aromatic rings. The van der Waals surface area contributed by atoms with Crippen molar-refractivity contribution in [3.8, 4) is 11.4 Å². The number of halogens is 2. The molecule has 0 amide bonds. The summed E-state index contributed by atoms with van der Waals surface area (Å²) in [5.41, 5.74) is 6.28. The fraction of sp³-hybridized carbons (Fsp3) is 0.385. The molecule has 0 spiro atoms. The van der Waals surface area contributed by atoms with E-state index in [-0.39, 0.29) is 0 Å². The summed E-state index contributed by atoms with van der Waals surface area (Å²) in [7, 11) is 0. The molecule has 4 nitrogen and oxygen atoms in total. The Bertz CT molecular complexity index is 519. The number of unbranched alkanes of at least 4 members (excludes halogenated alkanes) is 2. The number of hydrogen-bond acceptors (Lipinski definition) is 3. The number of benzene rings is 1. The van der Waals surface area contributed by atoms with Crippen molar-refractivity contribution in [1.29, 1.82) is 0 Å². The van der Waals surface area contributed by atoms with Gasteiger partial charge in [0, 0.05) is 22.0 Å². The van der Waals surface area contributed by atoms with E-state index in [9.17, 15) is 0 Å². The summed E-state index contributed by atoms with van der Waals surface area (Å²) in [5.74, 6) is 1.50. The van der Waals surface area contributed by atoms with Gasteiger partial charge in [0.1, 0.15) is 5.82 Å². The Morgan fingerprint density at radius 3 is 2.47 bits per heavy atom. The second-order valence-electron chi connectivity index (χ2n) is 4.36. The lowest BCUT2D eigenvalue weighted by atomic mass is 10.2. The molecule has 0 atom stereocenters. The molecule has 0 bridgehead atoms. The summed E-state index contributed by atoms with van der Waals surface area (Å²) >= 11 is 11.9. The van der Waals surface area contributed by atoms with Gasteiger partial charge in [0.2, 0.25) is 0 Å². The Balaban J connectivity index is 2.03. The molecule has 1 heterocycles. The van der Waals surface area contributed by atoms with Crippen LogP contribution >= 0.6 is 23.2 Å². The highest BCUT2D eigenvalue weighted by atomic mass is 35.5. The molecule has 0 aliphatic rings. The average molecular weight is 299 g/mol. The fourth-order valence-electron chi connectivity index (χ4n) is 1.83. The molecular weight excluding hydrogens is 283 g/mol. The third-order valence-electron chi connectivity index (χ3n) is 2.77. The first-order valence-electron chi connectivity index (χ1n) is 6.27. The van der Waals surface area contributed by atoms with Crippen LogP contribution in [0.3, 0.4) is 0 Å². The van der Waals surface area contributed by atoms with E-state index in [2.05, 4.69) is 15.2 Å². The number of aryl methyl sites for hydroxylation is 1. The Morgan fingerprint density at radius 1 is 1.05 bits per heavy atom. The van der Waals surface area contributed by atoms with E-state index in [1.807, 2.05) is 0 Å². The number of aromatic amines is 1. The van der Waals surface area contributed by atoms with Crippen LogP contribution in [0.15, 0.2) is 18.2 Å². The summed E-state index contributed by atoms with van der Waals surface area (Å²) in [4.78, 5) is 4.45. The summed E-state index contributed by atoms with van der Waals surface area (Å²) in [6.07, 6.45) is 4.09. The quantitative estimate of drug-likeness (QED) is 0.803. The first kappa shape index (κ1) is 14.3. The van der Waals surface area contributed by atoms with Crippen LogP contribution in [0.4, 0.5) is 0 Å². The number of nitrogens with zero attached hydrogens (tertiary/aromatic N) is 2. The van der Waals surface area contributed by atoms with Crippen LogP contribution in [0.25, 0.3) is 11.4 Å². The van der Waals surface area contributed by atoms with Crippen molar-refractivity contribution < 1.29 is 0 Å². The summed E-state index contributed by atoms with van der Waals surface area (Å²) in [5, 5.41) is 8.29. The van der Waals surface area contributed by atoms with Gasteiger partial charge in [-0.25, -0.2) is 4.98 Å². The SMILES string of the molecule is NCCCCCc1nc(-c2cc(Cl)cc(Cl)c2)n[nH]1. The number of nitrogens with two attached hydrogens (primary N) is 1. The third-order valence-corrected chi connectivity index (χ3v) is 3.21. The lowest BCUT2D eigenvalue weighted by molar-refractivity contribution is 0.670. The van der Waals surface area contributed by atoms with Crippen LogP contribution < -0.4 is 5.73 Å². The zero-order valence-electron chi connectivity index (χ0n) is 10.5. The standard InChI is InChI=1S/C13H16Cl2N4/c14-10-6-9(7-11(15)8-10)13-17-12(18-19-13)4-2-1-3-5-16/h6-8H,1-5,16H2,(H,17,18,19). The summed E-state index contributed by atoms with van der Waals surface area (Å²) in [6, 6.07) is 5.29. The Morgan fingerprint density at radius 2 is 1.79 bits per heavy atom. The molecule has 0 saturated heterocycles. The first-order valence-corrected chi connectivity index (χ1v) is 7.02. The largest absolute Gasteiger partial charge is 0.330 e. The van der Waals surface area contributed by atoms with Gasteiger partial charge in [0.15, 0.2) is 5.82 Å². The summed E-state index contributed by atoms with van der Waals surface area (Å²) < 4.78 is 0. The first-order chi connectivity index (χ1) is 9.19. The molecule has 0 aliphatic heterocycles. The van der Waals surface area contributed by atoms with E-state index in [4.69, 9.17) is 28.9 Å². The van der Waals surface area contributed by atoms with E-state index >= 15 is 0 Å². The molecule has 2 rings (SSSR count). The Kier molecular flexibility index (Phi) is 5.19. The number of nitrogens with one attached hydrogen (secondary N) is 1. The molecule has 6 heteroatoms. The van der Waals surface area contributed by atoms with Crippen molar-refractivity contribution in [1.82, 2.24) is 15.2 Å². The number of hydrogen-bond donors (Lipinski definition) is 2. The maximum Gasteiger partial charge on any atom is 0.181 e. The minimum absolute atomic E-state index is 0.580. The van der Waals surface area contributed by atoms with Crippen LogP contribution in [0.2, 0.25) is 10.0 Å². The highest BCUT2D eigenvalue weighted by Crippen LogP contribution is 2.25. The van der Waals surface area contributed by atoms with E-state index in [0.717, 1.165) is 43.6 Å². The van der Waals surface area contributed by atoms with E-state index in [1.165, 1.54) is 0 Å². The highest BCUT2D eigenvalue weighted by molar-refractivity contribution is 6.35. The smallest absolute Gasteiger partial charge is 0.181 e. The van der Waals surface area contributed by atoms with Crippen molar-refractivity contribution in [2.45, 2.75) is 25.7 Å². The van der Waals surface area contributed by atoms with Gasteiger partial charge in [-0.1, -0.05) is 29.6 Å². The maximum absolute atomic E-state index is 5.96. The van der Waals surface area contributed by atoms with Gasteiger partial charge < -0.3 is 5.73 Å². The van der Waals surface area contributed by atoms with E-state index < -0.39 is 0 Å².